The number of amides is 4. The number of fused-ring (bicyclic) bond motifs is 2. The molecule has 4 fully saturated rings. The molecule has 1 aliphatic carbocycles. The summed E-state index contributed by atoms with van der Waals surface area (Å²) in [5, 5.41) is 5.90. The summed E-state index contributed by atoms with van der Waals surface area (Å²) < 4.78 is 0. The van der Waals surface area contributed by atoms with Gasteiger partial charge in [0.1, 0.15) is 12.1 Å². The number of carbonyl (C=O) groups excluding carboxylic acids is 4. The van der Waals surface area contributed by atoms with Crippen LogP contribution >= 0.6 is 11.8 Å². The first-order valence-corrected chi connectivity index (χ1v) is 11.1. The van der Waals surface area contributed by atoms with Crippen LogP contribution in [0.5, 0.6) is 0 Å². The number of nitrogens with one attached hydrogen (secondary N) is 2. The molecule has 4 atom stereocenters. The van der Waals surface area contributed by atoms with E-state index in [2.05, 4.69) is 10.6 Å². The number of hydrogen-bond donors (Lipinski definition) is 2. The third-order valence-electron chi connectivity index (χ3n) is 6.24. The quantitative estimate of drug-likeness (QED) is 0.659. The molecule has 2 N–H and O–H groups in total. The summed E-state index contributed by atoms with van der Waals surface area (Å²) in [6, 6.07) is -1.70. The molecular weight excluding hydrogens is 368 g/mol. The summed E-state index contributed by atoms with van der Waals surface area (Å²) in [5.41, 5.74) is 0. The summed E-state index contributed by atoms with van der Waals surface area (Å²) in [6.07, 6.45) is 5.75. The molecule has 0 aromatic heterocycles. The average Bonchev–Trinajstić information content (AvgIpc) is 3.15. The van der Waals surface area contributed by atoms with E-state index in [0.29, 0.717) is 31.7 Å². The fourth-order valence-electron chi connectivity index (χ4n) is 4.67. The summed E-state index contributed by atoms with van der Waals surface area (Å²) in [6.45, 7) is 0.842. The number of likely N-dealkylation sites (tertiary alicyclic amines) is 1. The number of nitrogens with zero attached hydrogens (tertiary/aromatic N) is 2. The minimum Gasteiger partial charge on any atom is -0.351 e. The average molecular weight is 394 g/mol. The van der Waals surface area contributed by atoms with Crippen molar-refractivity contribution < 1.29 is 19.2 Å². The van der Waals surface area contributed by atoms with Gasteiger partial charge in [0.2, 0.25) is 23.6 Å². The van der Waals surface area contributed by atoms with Gasteiger partial charge in [-0.3, -0.25) is 19.2 Å². The monoisotopic (exact) mass is 394 g/mol. The fourth-order valence-corrected chi connectivity index (χ4v) is 5.01. The SMILES string of the molecule is CSCC(=O)N[C@H]1C[C@@H]2C(=O)N[C@H]3CCN(C(=O)C4CCC4)[C@@H]3C(=O)N2C1. The van der Waals surface area contributed by atoms with Gasteiger partial charge in [-0.1, -0.05) is 6.42 Å². The van der Waals surface area contributed by atoms with Crippen LogP contribution in [0.15, 0.2) is 0 Å². The number of carbonyl (C=O) groups is 4. The zero-order valence-electron chi connectivity index (χ0n) is 15.5. The van der Waals surface area contributed by atoms with Crippen molar-refractivity contribution >= 4 is 35.4 Å². The van der Waals surface area contributed by atoms with Crippen LogP contribution in [0.25, 0.3) is 0 Å². The van der Waals surface area contributed by atoms with Crippen molar-refractivity contribution in [2.75, 3.05) is 25.1 Å². The highest BCUT2D eigenvalue weighted by Gasteiger charge is 2.53. The number of hydrogen-bond acceptors (Lipinski definition) is 5. The van der Waals surface area contributed by atoms with Crippen LogP contribution in [-0.4, -0.2) is 82.7 Å². The predicted octanol–water partition coefficient (Wildman–Crippen LogP) is -0.665. The summed E-state index contributed by atoms with van der Waals surface area (Å²) in [5.74, 6) is 0.0294. The molecule has 0 aromatic rings. The molecule has 27 heavy (non-hydrogen) atoms. The van der Waals surface area contributed by atoms with Gasteiger partial charge in [0.05, 0.1) is 11.8 Å². The molecule has 3 saturated heterocycles. The van der Waals surface area contributed by atoms with E-state index in [1.54, 1.807) is 9.80 Å². The second-order valence-corrected chi connectivity index (χ2v) is 8.81. The topological polar surface area (TPSA) is 98.8 Å². The Bertz CT molecular complexity index is 668. The van der Waals surface area contributed by atoms with E-state index in [0.717, 1.165) is 19.3 Å². The maximum atomic E-state index is 13.3. The molecule has 0 bridgehead atoms. The molecule has 8 nitrogen and oxygen atoms in total. The zero-order chi connectivity index (χ0) is 19.1. The molecule has 3 heterocycles. The first-order chi connectivity index (χ1) is 13.0. The molecule has 0 aromatic carbocycles. The van der Waals surface area contributed by atoms with Crippen molar-refractivity contribution in [3.63, 3.8) is 0 Å². The number of thioether (sulfide) groups is 1. The smallest absolute Gasteiger partial charge is 0.248 e. The van der Waals surface area contributed by atoms with Gasteiger partial charge in [-0.2, -0.15) is 11.8 Å². The maximum Gasteiger partial charge on any atom is 0.248 e. The lowest BCUT2D eigenvalue weighted by molar-refractivity contribution is -0.148. The van der Waals surface area contributed by atoms with E-state index in [1.165, 1.54) is 11.8 Å². The molecule has 4 amide bonds. The second-order valence-electron chi connectivity index (χ2n) is 7.95. The van der Waals surface area contributed by atoms with Crippen LogP contribution < -0.4 is 10.6 Å². The van der Waals surface area contributed by atoms with E-state index in [9.17, 15) is 19.2 Å². The van der Waals surface area contributed by atoms with Crippen LogP contribution in [0.2, 0.25) is 0 Å². The lowest BCUT2D eigenvalue weighted by Gasteiger charge is -2.34. The van der Waals surface area contributed by atoms with Gasteiger partial charge in [0.15, 0.2) is 0 Å². The van der Waals surface area contributed by atoms with Gasteiger partial charge in [0.25, 0.3) is 0 Å². The Hall–Kier alpha value is -1.77. The van der Waals surface area contributed by atoms with Crippen LogP contribution in [0.4, 0.5) is 0 Å². The molecule has 1 saturated carbocycles. The molecule has 3 aliphatic heterocycles. The molecule has 0 spiro atoms. The van der Waals surface area contributed by atoms with Crippen LogP contribution in [0, 0.1) is 5.92 Å². The van der Waals surface area contributed by atoms with Crippen molar-refractivity contribution in [1.82, 2.24) is 20.4 Å². The lowest BCUT2D eigenvalue weighted by atomic mass is 9.84. The zero-order valence-corrected chi connectivity index (χ0v) is 16.3. The van der Waals surface area contributed by atoms with E-state index >= 15 is 0 Å². The first kappa shape index (κ1) is 18.6. The Morgan fingerprint density at radius 1 is 1.26 bits per heavy atom. The highest BCUT2D eigenvalue weighted by molar-refractivity contribution is 7.99. The van der Waals surface area contributed by atoms with Gasteiger partial charge in [-0.25, -0.2) is 0 Å². The van der Waals surface area contributed by atoms with Crippen LogP contribution in [-0.2, 0) is 19.2 Å². The van der Waals surface area contributed by atoms with Gasteiger partial charge in [-0.05, 0) is 31.9 Å². The lowest BCUT2D eigenvalue weighted by Crippen LogP contribution is -2.54. The van der Waals surface area contributed by atoms with Crippen molar-refractivity contribution in [1.29, 1.82) is 0 Å². The Morgan fingerprint density at radius 2 is 2.04 bits per heavy atom. The Morgan fingerprint density at radius 3 is 2.70 bits per heavy atom. The van der Waals surface area contributed by atoms with Gasteiger partial charge >= 0.3 is 0 Å². The van der Waals surface area contributed by atoms with Crippen molar-refractivity contribution in [3.05, 3.63) is 0 Å². The maximum absolute atomic E-state index is 13.3. The molecule has 9 heteroatoms. The largest absolute Gasteiger partial charge is 0.351 e. The Balaban J connectivity index is 1.50. The molecule has 148 valence electrons. The minimum atomic E-state index is -0.604. The minimum absolute atomic E-state index is 0.0310. The highest BCUT2D eigenvalue weighted by Crippen LogP contribution is 2.34. The molecular formula is C18H26N4O4S. The van der Waals surface area contributed by atoms with Gasteiger partial charge in [-0.15, -0.1) is 0 Å². The third kappa shape index (κ3) is 3.30. The Kier molecular flexibility index (Phi) is 5.05. The molecule has 4 rings (SSSR count). The van der Waals surface area contributed by atoms with Crippen LogP contribution in [0.1, 0.15) is 32.1 Å². The van der Waals surface area contributed by atoms with Gasteiger partial charge in [0, 0.05) is 25.0 Å². The summed E-state index contributed by atoms with van der Waals surface area (Å²) in [4.78, 5) is 53.9. The summed E-state index contributed by atoms with van der Waals surface area (Å²) >= 11 is 1.43. The van der Waals surface area contributed by atoms with Crippen molar-refractivity contribution in [2.45, 2.75) is 56.3 Å². The normalized spacial score (nSPS) is 33.1. The summed E-state index contributed by atoms with van der Waals surface area (Å²) in [7, 11) is 0. The van der Waals surface area contributed by atoms with Crippen molar-refractivity contribution in [3.8, 4) is 0 Å². The third-order valence-corrected chi connectivity index (χ3v) is 6.79. The standard InChI is InChI=1S/C18H26N4O4S/c1-27-9-14(23)19-11-7-13-16(24)20-12-5-6-21(17(25)10-3-2-4-10)15(12)18(26)22(13)8-11/h10-13,15H,2-9H2,1H3,(H,19,23)(H,20,24)/t11-,12-,13+,15-/m0/s1. The Labute approximate surface area is 162 Å². The first-order valence-electron chi connectivity index (χ1n) is 9.69. The highest BCUT2D eigenvalue weighted by atomic mass is 32.2. The molecule has 0 unspecified atom stereocenters. The van der Waals surface area contributed by atoms with E-state index < -0.39 is 12.1 Å². The molecule has 0 radical (unpaired) electrons. The van der Waals surface area contributed by atoms with E-state index in [1.807, 2.05) is 6.26 Å². The van der Waals surface area contributed by atoms with Crippen LogP contribution in [0.3, 0.4) is 0 Å². The van der Waals surface area contributed by atoms with Crippen molar-refractivity contribution in [2.24, 2.45) is 5.92 Å². The van der Waals surface area contributed by atoms with Gasteiger partial charge < -0.3 is 20.4 Å². The molecule has 4 aliphatic rings. The predicted molar refractivity (Wildman–Crippen MR) is 99.8 cm³/mol. The number of rotatable bonds is 4. The fraction of sp³-hybridized carbons (Fsp3) is 0.778. The second kappa shape index (κ2) is 7.33. The van der Waals surface area contributed by atoms with E-state index in [-0.39, 0.29) is 41.6 Å². The van der Waals surface area contributed by atoms with E-state index in [4.69, 9.17) is 0 Å².